The van der Waals surface area contributed by atoms with E-state index in [0.717, 1.165) is 41.1 Å². The summed E-state index contributed by atoms with van der Waals surface area (Å²) < 4.78 is 1.84. The molecule has 182 valence electrons. The number of nitrogens with zero attached hydrogens (tertiary/aromatic N) is 4. The number of nitrogens with two attached hydrogens (primary N) is 1. The fourth-order valence-electron chi connectivity index (χ4n) is 4.24. The van der Waals surface area contributed by atoms with Gasteiger partial charge >= 0.3 is 0 Å². The van der Waals surface area contributed by atoms with Crippen LogP contribution >= 0.6 is 0 Å². The number of rotatable bonds is 7. The number of benzene rings is 2. The third-order valence-corrected chi connectivity index (χ3v) is 6.22. The number of hydrogen-bond donors (Lipinski definition) is 4. The normalized spacial score (nSPS) is 15.4. The number of aromatic nitrogens is 3. The molecule has 0 spiro atoms. The molecule has 0 saturated heterocycles. The highest BCUT2D eigenvalue weighted by Gasteiger charge is 2.14. The van der Waals surface area contributed by atoms with Crippen LogP contribution in [0.3, 0.4) is 0 Å². The Morgan fingerprint density at radius 2 is 2.00 bits per heavy atom. The van der Waals surface area contributed by atoms with Crippen molar-refractivity contribution in [1.29, 1.82) is 5.41 Å². The molecular weight excluding hydrogens is 448 g/mol. The highest BCUT2D eigenvalue weighted by molar-refractivity contribution is 6.02. The molecule has 1 unspecified atom stereocenters. The second kappa shape index (κ2) is 10.0. The Labute approximate surface area is 210 Å². The van der Waals surface area contributed by atoms with Gasteiger partial charge in [-0.25, -0.2) is 9.67 Å². The zero-order valence-corrected chi connectivity index (χ0v) is 20.5. The zero-order valence-electron chi connectivity index (χ0n) is 20.5. The van der Waals surface area contributed by atoms with Gasteiger partial charge in [0.05, 0.1) is 5.52 Å². The van der Waals surface area contributed by atoms with Crippen molar-refractivity contribution in [2.24, 2.45) is 4.99 Å². The van der Waals surface area contributed by atoms with E-state index in [4.69, 9.17) is 21.2 Å². The molecule has 0 amide bonds. The highest BCUT2D eigenvalue weighted by Crippen LogP contribution is 2.29. The van der Waals surface area contributed by atoms with Crippen LogP contribution in [0.5, 0.6) is 0 Å². The van der Waals surface area contributed by atoms with Crippen molar-refractivity contribution in [1.82, 2.24) is 14.8 Å². The van der Waals surface area contributed by atoms with E-state index in [1.54, 1.807) is 13.0 Å². The van der Waals surface area contributed by atoms with Gasteiger partial charge in [0.1, 0.15) is 5.82 Å². The highest BCUT2D eigenvalue weighted by atomic mass is 15.3. The second-order valence-corrected chi connectivity index (χ2v) is 9.05. The van der Waals surface area contributed by atoms with Crippen molar-refractivity contribution < 1.29 is 0 Å². The Balaban J connectivity index is 1.43. The number of hydrogen-bond acceptors (Lipinski definition) is 7. The summed E-state index contributed by atoms with van der Waals surface area (Å²) in [7, 11) is 0. The van der Waals surface area contributed by atoms with Crippen molar-refractivity contribution in [2.45, 2.75) is 32.7 Å². The van der Waals surface area contributed by atoms with Crippen LogP contribution in [-0.4, -0.2) is 39.3 Å². The Kier molecular flexibility index (Phi) is 6.49. The minimum Gasteiger partial charge on any atom is -0.398 e. The number of anilines is 4. The summed E-state index contributed by atoms with van der Waals surface area (Å²) in [6, 6.07) is 19.9. The van der Waals surface area contributed by atoms with E-state index >= 15 is 0 Å². The molecule has 0 radical (unpaired) electrons. The Morgan fingerprint density at radius 1 is 1.14 bits per heavy atom. The van der Waals surface area contributed by atoms with Crippen molar-refractivity contribution in [3.8, 4) is 5.82 Å². The fourth-order valence-corrected chi connectivity index (χ4v) is 4.24. The average Bonchev–Trinajstić information content (AvgIpc) is 3.11. The van der Waals surface area contributed by atoms with Crippen LogP contribution in [-0.2, 0) is 0 Å². The molecule has 1 aliphatic heterocycles. The molecule has 0 saturated carbocycles. The number of nitrogens with one attached hydrogen (secondary N) is 3. The molecule has 36 heavy (non-hydrogen) atoms. The number of para-hydroxylation sites is 1. The van der Waals surface area contributed by atoms with Gasteiger partial charge in [-0.1, -0.05) is 24.3 Å². The summed E-state index contributed by atoms with van der Waals surface area (Å²) in [6.07, 6.45) is 6.33. The van der Waals surface area contributed by atoms with Crippen LogP contribution in [0.4, 0.5) is 23.0 Å². The molecular formula is C28H30N8. The average molecular weight is 479 g/mol. The maximum absolute atomic E-state index is 7.99. The topological polar surface area (TPSA) is 117 Å². The molecule has 8 heteroatoms. The lowest BCUT2D eigenvalue weighted by Crippen LogP contribution is -2.09. The molecule has 5 N–H and O–H groups in total. The summed E-state index contributed by atoms with van der Waals surface area (Å²) in [5.41, 5.74) is 10.7. The number of aliphatic imine (C=N–C) groups is 1. The van der Waals surface area contributed by atoms with Gasteiger partial charge in [-0.3, -0.25) is 4.99 Å². The van der Waals surface area contributed by atoms with Gasteiger partial charge in [0.25, 0.3) is 0 Å². The smallest absolute Gasteiger partial charge is 0.160 e. The summed E-state index contributed by atoms with van der Waals surface area (Å²) in [5, 5.41) is 20.6. The number of nitrogen functional groups attached to an aromatic ring is 1. The monoisotopic (exact) mass is 478 g/mol. The molecule has 4 aromatic rings. The molecule has 2 aromatic carbocycles. The van der Waals surface area contributed by atoms with Crippen LogP contribution in [0.25, 0.3) is 16.7 Å². The lowest BCUT2D eigenvalue weighted by molar-refractivity contribution is 0.686. The van der Waals surface area contributed by atoms with E-state index in [9.17, 15) is 0 Å². The summed E-state index contributed by atoms with van der Waals surface area (Å²) in [4.78, 5) is 9.41. The second-order valence-electron chi connectivity index (χ2n) is 9.05. The number of fused-ring (bicyclic) bond motifs is 1. The predicted molar refractivity (Wildman–Crippen MR) is 149 cm³/mol. The van der Waals surface area contributed by atoms with E-state index in [1.807, 2.05) is 65.5 Å². The Morgan fingerprint density at radius 3 is 2.86 bits per heavy atom. The maximum atomic E-state index is 7.99. The first-order valence-electron chi connectivity index (χ1n) is 12.1. The van der Waals surface area contributed by atoms with Crippen LogP contribution in [0.2, 0.25) is 0 Å². The van der Waals surface area contributed by atoms with Crippen molar-refractivity contribution in [2.75, 3.05) is 22.9 Å². The molecule has 1 atom stereocenters. The summed E-state index contributed by atoms with van der Waals surface area (Å²) in [5.74, 6) is 2.20. The maximum Gasteiger partial charge on any atom is 0.160 e. The van der Waals surface area contributed by atoms with E-state index < -0.39 is 0 Å². The van der Waals surface area contributed by atoms with Gasteiger partial charge in [-0.15, -0.1) is 5.10 Å². The molecule has 0 fully saturated rings. The van der Waals surface area contributed by atoms with E-state index in [0.29, 0.717) is 35.4 Å². The largest absolute Gasteiger partial charge is 0.398 e. The minimum atomic E-state index is 0.366. The first-order chi connectivity index (χ1) is 17.5. The van der Waals surface area contributed by atoms with Gasteiger partial charge in [-0.2, -0.15) is 0 Å². The van der Waals surface area contributed by atoms with Crippen LogP contribution in [0.1, 0.15) is 32.3 Å². The number of pyridine rings is 1. The van der Waals surface area contributed by atoms with E-state index in [-0.39, 0.29) is 0 Å². The molecule has 2 aromatic heterocycles. The van der Waals surface area contributed by atoms with Gasteiger partial charge in [-0.05, 0) is 74.7 Å². The zero-order chi connectivity index (χ0) is 25.1. The fraction of sp³-hybridized carbons (Fsp3) is 0.214. The first kappa shape index (κ1) is 23.3. The quantitative estimate of drug-likeness (QED) is 0.200. The third-order valence-electron chi connectivity index (χ3n) is 6.22. The summed E-state index contributed by atoms with van der Waals surface area (Å²) >= 11 is 0. The van der Waals surface area contributed by atoms with Crippen molar-refractivity contribution in [3.63, 3.8) is 0 Å². The molecule has 0 aliphatic carbocycles. The molecule has 5 rings (SSSR count). The first-order valence-corrected chi connectivity index (χ1v) is 12.1. The lowest BCUT2D eigenvalue weighted by Gasteiger charge is -2.09. The Hall–Kier alpha value is -4.46. The number of allylic oxidation sites excluding steroid dienone is 1. The van der Waals surface area contributed by atoms with E-state index in [1.165, 1.54) is 5.57 Å². The van der Waals surface area contributed by atoms with Crippen molar-refractivity contribution >= 4 is 45.8 Å². The molecule has 0 bridgehead atoms. The standard InChI is InChI=1S/C28H30N8/c1-18-7-5-8-20(16-31-18)17-32-26-11-6-12-27(34-26)36-25-10-4-3-9-22(25)28(35-36)33-21-13-14-24(30)23(15-21)19(2)29/h3-4,6,8-16,18,29H,5,7,17,30H2,1-2H3,(H,32,34)(H,33,35). The third kappa shape index (κ3) is 4.98. The minimum absolute atomic E-state index is 0.366. The molecule has 3 heterocycles. The van der Waals surface area contributed by atoms with E-state index in [2.05, 4.69) is 28.6 Å². The van der Waals surface area contributed by atoms with Gasteiger partial charge in [0.15, 0.2) is 11.6 Å². The van der Waals surface area contributed by atoms with Gasteiger partial charge in [0.2, 0.25) is 0 Å². The lowest BCUT2D eigenvalue weighted by atomic mass is 10.1. The predicted octanol–water partition coefficient (Wildman–Crippen LogP) is 5.73. The molecule has 1 aliphatic rings. The van der Waals surface area contributed by atoms with Gasteiger partial charge in [0, 0.05) is 46.8 Å². The van der Waals surface area contributed by atoms with Crippen molar-refractivity contribution in [3.05, 3.63) is 77.9 Å². The van der Waals surface area contributed by atoms with Gasteiger partial charge < -0.3 is 21.8 Å². The van der Waals surface area contributed by atoms with Crippen LogP contribution < -0.4 is 16.4 Å². The van der Waals surface area contributed by atoms with Crippen LogP contribution in [0.15, 0.2) is 77.3 Å². The SMILES string of the molecule is CC(=N)c1cc(Nc2nn(-c3cccc(NCC4=CCCC(C)N=C4)n3)c3ccccc23)ccc1N. The van der Waals surface area contributed by atoms with Crippen LogP contribution in [0, 0.1) is 5.41 Å². The molecule has 8 nitrogen and oxygen atoms in total. The Bertz CT molecular complexity index is 1480. The summed E-state index contributed by atoms with van der Waals surface area (Å²) in [6.45, 7) is 4.54.